The van der Waals surface area contributed by atoms with Gasteiger partial charge >= 0.3 is 5.97 Å². The largest absolute Gasteiger partial charge is 0.457 e. The van der Waals surface area contributed by atoms with Gasteiger partial charge < -0.3 is 14.9 Å². The Morgan fingerprint density at radius 1 is 1.24 bits per heavy atom. The average Bonchev–Trinajstić information content (AvgIpc) is 3.18. The molecule has 2 N–H and O–H groups in total. The second-order valence-electron chi connectivity index (χ2n) is 10.4. The van der Waals surface area contributed by atoms with Crippen molar-refractivity contribution in [3.8, 4) is 0 Å². The fourth-order valence-corrected chi connectivity index (χ4v) is 4.97. The number of aromatic nitrogens is 1. The lowest BCUT2D eigenvalue weighted by Crippen LogP contribution is -2.45. The quantitative estimate of drug-likeness (QED) is 0.432. The van der Waals surface area contributed by atoms with Gasteiger partial charge in [0.25, 0.3) is 0 Å². The van der Waals surface area contributed by atoms with Crippen LogP contribution in [-0.2, 0) is 14.3 Å². The first-order chi connectivity index (χ1) is 15.8. The number of hydrogen-bond donors (Lipinski definition) is 2. The van der Waals surface area contributed by atoms with E-state index in [2.05, 4.69) is 18.0 Å². The molecule has 1 aromatic rings. The monoisotopic (exact) mass is 491 g/mol. The number of carbonyl (C=O) groups excluding carboxylic acids is 2. The number of nitrogens with zero attached hydrogens (tertiary/aromatic N) is 1. The first kappa shape index (κ1) is 28.4. The number of ketones is 1. The minimum absolute atomic E-state index is 0.0444. The summed E-state index contributed by atoms with van der Waals surface area (Å²) in [7, 11) is 0. The summed E-state index contributed by atoms with van der Waals surface area (Å²) in [6.45, 7) is 12.8. The molecule has 5 atom stereocenters. The van der Waals surface area contributed by atoms with Gasteiger partial charge in [-0.1, -0.05) is 39.3 Å². The summed E-state index contributed by atoms with van der Waals surface area (Å²) >= 11 is 1.56. The van der Waals surface area contributed by atoms with Crippen molar-refractivity contribution in [3.05, 3.63) is 33.3 Å². The molecule has 0 amide bonds. The number of cyclic esters (lactones) is 1. The molecule has 0 aliphatic carbocycles. The van der Waals surface area contributed by atoms with Gasteiger partial charge in [0.15, 0.2) is 0 Å². The number of aliphatic hydroxyl groups is 2. The third kappa shape index (κ3) is 7.59. The Bertz CT molecular complexity index is 916. The van der Waals surface area contributed by atoms with Gasteiger partial charge in [-0.3, -0.25) is 9.59 Å². The number of Topliss-reactive ketones (excluding diaryl/α,β-unsaturated/α-hetero) is 1. The number of allylic oxidation sites excluding steroid dienone is 1. The van der Waals surface area contributed by atoms with Crippen LogP contribution in [0.1, 0.15) is 84.3 Å². The van der Waals surface area contributed by atoms with Gasteiger partial charge in [-0.2, -0.15) is 0 Å². The van der Waals surface area contributed by atoms with E-state index in [0.29, 0.717) is 6.42 Å². The van der Waals surface area contributed by atoms with Crippen molar-refractivity contribution in [1.82, 2.24) is 4.98 Å². The highest BCUT2D eigenvalue weighted by molar-refractivity contribution is 7.09. The van der Waals surface area contributed by atoms with Gasteiger partial charge in [-0.25, -0.2) is 4.98 Å². The van der Waals surface area contributed by atoms with Crippen molar-refractivity contribution < 1.29 is 24.5 Å². The van der Waals surface area contributed by atoms with E-state index < -0.39 is 35.6 Å². The van der Waals surface area contributed by atoms with Crippen LogP contribution in [0.5, 0.6) is 0 Å². The molecule has 190 valence electrons. The minimum atomic E-state index is -1.21. The number of aryl methyl sites for hydroxylation is 1. The summed E-state index contributed by atoms with van der Waals surface area (Å²) in [6, 6.07) is 0. The van der Waals surface area contributed by atoms with E-state index in [4.69, 9.17) is 4.74 Å². The molecule has 0 saturated heterocycles. The molecule has 2 unspecified atom stereocenters. The van der Waals surface area contributed by atoms with E-state index in [1.807, 2.05) is 32.2 Å². The van der Waals surface area contributed by atoms with Gasteiger partial charge in [-0.15, -0.1) is 11.3 Å². The second-order valence-corrected chi connectivity index (χ2v) is 11.5. The van der Waals surface area contributed by atoms with Crippen LogP contribution in [-0.4, -0.2) is 45.3 Å². The van der Waals surface area contributed by atoms with E-state index in [9.17, 15) is 19.8 Å². The van der Waals surface area contributed by atoms with Crippen molar-refractivity contribution in [2.75, 3.05) is 0 Å². The number of thiazole rings is 1. The van der Waals surface area contributed by atoms with Crippen molar-refractivity contribution >= 4 is 29.2 Å². The lowest BCUT2D eigenvalue weighted by atomic mass is 9.73. The number of rotatable bonds is 2. The van der Waals surface area contributed by atoms with E-state index >= 15 is 0 Å². The summed E-state index contributed by atoms with van der Waals surface area (Å²) < 4.78 is 5.81. The van der Waals surface area contributed by atoms with Crippen LogP contribution in [0.3, 0.4) is 0 Å². The summed E-state index contributed by atoms with van der Waals surface area (Å²) in [6.07, 6.45) is 4.33. The Labute approximate surface area is 208 Å². The van der Waals surface area contributed by atoms with Crippen molar-refractivity contribution in [2.45, 2.75) is 98.9 Å². The fraction of sp³-hybridized carbons (Fsp3) is 0.667. The van der Waals surface area contributed by atoms with Crippen LogP contribution in [0.2, 0.25) is 0 Å². The highest BCUT2D eigenvalue weighted by atomic mass is 32.1. The molecule has 0 fully saturated rings. The van der Waals surface area contributed by atoms with Crippen LogP contribution in [0, 0.1) is 24.2 Å². The maximum atomic E-state index is 13.2. The molecule has 0 spiro atoms. The van der Waals surface area contributed by atoms with Crippen LogP contribution in [0.25, 0.3) is 6.08 Å². The van der Waals surface area contributed by atoms with Crippen molar-refractivity contribution in [3.63, 3.8) is 0 Å². The molecule has 0 aromatic carbocycles. The number of esters is 1. The fourth-order valence-electron chi connectivity index (χ4n) is 4.40. The lowest BCUT2D eigenvalue weighted by molar-refractivity contribution is -0.154. The number of aliphatic hydroxyl groups excluding tert-OH is 2. The van der Waals surface area contributed by atoms with Gasteiger partial charge in [0.1, 0.15) is 11.9 Å². The summed E-state index contributed by atoms with van der Waals surface area (Å²) in [5.74, 6) is -1.49. The maximum Gasteiger partial charge on any atom is 0.309 e. The zero-order chi connectivity index (χ0) is 25.6. The lowest BCUT2D eigenvalue weighted by Gasteiger charge is -2.34. The predicted molar refractivity (Wildman–Crippen MR) is 136 cm³/mol. The number of hydrogen-bond acceptors (Lipinski definition) is 7. The zero-order valence-electron chi connectivity index (χ0n) is 21.6. The zero-order valence-corrected chi connectivity index (χ0v) is 22.4. The SMILES string of the molecule is CC1=CCC(C(C)=Cc2csc(C)n2)OC(=O)CC(O)C(C)(C)C(=O)[C@H](C)[C@@H](O)[C@@H](C)CCC1. The Hall–Kier alpha value is -1.83. The van der Waals surface area contributed by atoms with Crippen molar-refractivity contribution in [1.29, 1.82) is 0 Å². The Morgan fingerprint density at radius 2 is 1.91 bits per heavy atom. The molecule has 6 nitrogen and oxygen atoms in total. The molecule has 2 heterocycles. The molecular formula is C27H41NO5S. The molecule has 1 aromatic heterocycles. The molecule has 0 saturated carbocycles. The highest BCUT2D eigenvalue weighted by Gasteiger charge is 2.42. The van der Waals surface area contributed by atoms with Crippen LogP contribution < -0.4 is 0 Å². The number of ether oxygens (including phenoxy) is 1. The third-order valence-corrected chi connectivity index (χ3v) is 7.83. The predicted octanol–water partition coefficient (Wildman–Crippen LogP) is 5.27. The van der Waals surface area contributed by atoms with E-state index in [0.717, 1.165) is 35.5 Å². The van der Waals surface area contributed by atoms with Crippen molar-refractivity contribution in [2.24, 2.45) is 17.3 Å². The first-order valence-electron chi connectivity index (χ1n) is 12.2. The van der Waals surface area contributed by atoms with Crippen LogP contribution in [0.15, 0.2) is 22.6 Å². The Balaban J connectivity index is 2.33. The Morgan fingerprint density at radius 3 is 2.53 bits per heavy atom. The van der Waals surface area contributed by atoms with Gasteiger partial charge in [-0.05, 0) is 57.6 Å². The summed E-state index contributed by atoms with van der Waals surface area (Å²) in [5, 5.41) is 24.5. The van der Waals surface area contributed by atoms with E-state index in [1.54, 1.807) is 32.1 Å². The third-order valence-electron chi connectivity index (χ3n) is 7.04. The molecule has 7 heteroatoms. The van der Waals surface area contributed by atoms with E-state index in [1.165, 1.54) is 5.57 Å². The molecule has 0 bridgehead atoms. The average molecular weight is 492 g/mol. The van der Waals surface area contributed by atoms with Gasteiger partial charge in [0.2, 0.25) is 0 Å². The van der Waals surface area contributed by atoms with Gasteiger partial charge in [0.05, 0.1) is 34.7 Å². The highest BCUT2D eigenvalue weighted by Crippen LogP contribution is 2.32. The normalized spacial score (nSPS) is 30.6. The van der Waals surface area contributed by atoms with Crippen LogP contribution >= 0.6 is 11.3 Å². The summed E-state index contributed by atoms with van der Waals surface area (Å²) in [4.78, 5) is 30.5. The maximum absolute atomic E-state index is 13.2. The second kappa shape index (κ2) is 12.2. The standard InChI is InChI=1S/C27H41NO5S/c1-16-9-8-10-17(2)25(31)19(4)26(32)27(6,7)23(29)14-24(30)33-22(12-11-16)18(3)13-21-15-34-20(5)28-21/h11,13,15,17,19,22-23,25,29,31H,8-10,12,14H2,1-7H3/t17-,19+,22?,23?,25-/m0/s1. The topological polar surface area (TPSA) is 96.7 Å². The molecular weight excluding hydrogens is 450 g/mol. The smallest absolute Gasteiger partial charge is 0.309 e. The van der Waals surface area contributed by atoms with E-state index in [-0.39, 0.29) is 18.1 Å². The number of carbonyl (C=O) groups is 2. The molecule has 2 rings (SSSR count). The van der Waals surface area contributed by atoms with Crippen LogP contribution in [0.4, 0.5) is 0 Å². The van der Waals surface area contributed by atoms with Gasteiger partial charge in [0, 0.05) is 17.7 Å². The molecule has 0 radical (unpaired) electrons. The minimum Gasteiger partial charge on any atom is -0.457 e. The molecule has 34 heavy (non-hydrogen) atoms. The summed E-state index contributed by atoms with van der Waals surface area (Å²) in [5.41, 5.74) is 1.71. The Kier molecular flexibility index (Phi) is 10.2. The molecule has 1 aliphatic heterocycles. The first-order valence-corrected chi connectivity index (χ1v) is 13.1. The molecule has 1 aliphatic rings.